The lowest BCUT2D eigenvalue weighted by Crippen LogP contribution is -2.25. The van der Waals surface area contributed by atoms with Crippen LogP contribution >= 0.6 is 15.9 Å². The van der Waals surface area contributed by atoms with Gasteiger partial charge in [-0.2, -0.15) is 0 Å². The molecular weight excluding hydrogens is 354 g/mol. The number of hydrogen-bond acceptors (Lipinski definition) is 6. The Kier molecular flexibility index (Phi) is 6.21. The monoisotopic (exact) mass is 371 g/mol. The van der Waals surface area contributed by atoms with Crippen LogP contribution < -0.4 is 4.74 Å². The fourth-order valence-corrected chi connectivity index (χ4v) is 2.39. The van der Waals surface area contributed by atoms with Gasteiger partial charge in [-0.15, -0.1) is 0 Å². The molecule has 0 saturated carbocycles. The summed E-state index contributed by atoms with van der Waals surface area (Å²) in [6, 6.07) is 5.46. The topological polar surface area (TPSA) is 66.4 Å². The number of oxime groups is 1. The number of rotatable bonds is 7. The van der Waals surface area contributed by atoms with Crippen LogP contribution in [0, 0.1) is 0 Å². The molecule has 0 aliphatic carbocycles. The third kappa shape index (κ3) is 4.20. The Hall–Kier alpha value is -1.60. The van der Waals surface area contributed by atoms with Crippen molar-refractivity contribution in [2.45, 2.75) is 20.0 Å². The molecule has 1 aromatic carbocycles. The smallest absolute Gasteiger partial charge is 0.344 e. The van der Waals surface area contributed by atoms with Gasteiger partial charge in [0, 0.05) is 16.6 Å². The van der Waals surface area contributed by atoms with Crippen molar-refractivity contribution in [2.75, 3.05) is 26.4 Å². The molecule has 0 N–H and O–H groups in total. The summed E-state index contributed by atoms with van der Waals surface area (Å²) >= 11 is 3.42. The number of hydrogen-bond donors (Lipinski definition) is 0. The van der Waals surface area contributed by atoms with Crippen molar-refractivity contribution in [3.05, 3.63) is 28.2 Å². The molecule has 0 aromatic heterocycles. The Morgan fingerprint density at radius 1 is 1.41 bits per heavy atom. The summed E-state index contributed by atoms with van der Waals surface area (Å²) in [6.07, 6.45) is -0.246. The van der Waals surface area contributed by atoms with E-state index in [1.54, 1.807) is 13.0 Å². The van der Waals surface area contributed by atoms with Gasteiger partial charge in [-0.3, -0.25) is 0 Å². The Bertz CT molecular complexity index is 561. The standard InChI is InChI=1S/C15H18BrNO5/c1-3-19-13-8-22-17-15(13)11-7-10(16)5-6-12(11)21-9-14(18)20-4-2/h5-7,13H,3-4,8-9H2,1-2H3. The molecule has 0 radical (unpaired) electrons. The summed E-state index contributed by atoms with van der Waals surface area (Å²) in [5, 5.41) is 4.05. The van der Waals surface area contributed by atoms with Crippen LogP contribution in [0.15, 0.2) is 27.8 Å². The number of halogens is 1. The van der Waals surface area contributed by atoms with Gasteiger partial charge in [0.05, 0.1) is 6.61 Å². The van der Waals surface area contributed by atoms with E-state index in [2.05, 4.69) is 21.1 Å². The van der Waals surface area contributed by atoms with Gasteiger partial charge in [-0.25, -0.2) is 4.79 Å². The van der Waals surface area contributed by atoms with E-state index in [0.717, 1.165) is 10.0 Å². The van der Waals surface area contributed by atoms with Gasteiger partial charge in [0.15, 0.2) is 6.61 Å². The quantitative estimate of drug-likeness (QED) is 0.689. The minimum atomic E-state index is -0.415. The molecule has 1 aromatic rings. The summed E-state index contributed by atoms with van der Waals surface area (Å²) in [5.41, 5.74) is 1.39. The van der Waals surface area contributed by atoms with Gasteiger partial charge in [-0.05, 0) is 32.0 Å². The van der Waals surface area contributed by atoms with E-state index >= 15 is 0 Å². The molecule has 7 heteroatoms. The first-order valence-electron chi connectivity index (χ1n) is 7.05. The molecule has 1 heterocycles. The average molecular weight is 372 g/mol. The van der Waals surface area contributed by atoms with Crippen molar-refractivity contribution in [1.82, 2.24) is 0 Å². The maximum atomic E-state index is 11.4. The van der Waals surface area contributed by atoms with Gasteiger partial charge in [0.1, 0.15) is 24.2 Å². The molecule has 6 nitrogen and oxygen atoms in total. The number of benzene rings is 1. The molecule has 0 spiro atoms. The number of nitrogens with zero attached hydrogens (tertiary/aromatic N) is 1. The zero-order chi connectivity index (χ0) is 15.9. The fraction of sp³-hybridized carbons (Fsp3) is 0.467. The molecule has 0 bridgehead atoms. The van der Waals surface area contributed by atoms with Crippen molar-refractivity contribution >= 4 is 27.6 Å². The van der Waals surface area contributed by atoms with Gasteiger partial charge in [0.25, 0.3) is 0 Å². The van der Waals surface area contributed by atoms with E-state index in [1.807, 2.05) is 19.1 Å². The normalized spacial score (nSPS) is 16.9. The minimum absolute atomic E-state index is 0.157. The summed E-state index contributed by atoms with van der Waals surface area (Å²) in [6.45, 7) is 4.75. The second kappa shape index (κ2) is 8.14. The third-order valence-electron chi connectivity index (χ3n) is 2.93. The molecule has 0 amide bonds. The first kappa shape index (κ1) is 16.8. The van der Waals surface area contributed by atoms with Crippen molar-refractivity contribution in [3.8, 4) is 5.75 Å². The molecule has 1 atom stereocenters. The molecule has 1 unspecified atom stereocenters. The van der Waals surface area contributed by atoms with Crippen LogP contribution in [0.5, 0.6) is 5.75 Å². The maximum Gasteiger partial charge on any atom is 0.344 e. The van der Waals surface area contributed by atoms with Crippen LogP contribution in [0.3, 0.4) is 0 Å². The highest BCUT2D eigenvalue weighted by Gasteiger charge is 2.28. The van der Waals surface area contributed by atoms with Crippen LogP contribution in [0.1, 0.15) is 19.4 Å². The lowest BCUT2D eigenvalue weighted by Gasteiger charge is -2.15. The van der Waals surface area contributed by atoms with Crippen LogP contribution in [0.4, 0.5) is 0 Å². The zero-order valence-corrected chi connectivity index (χ0v) is 14.1. The van der Waals surface area contributed by atoms with Crippen molar-refractivity contribution < 1.29 is 23.8 Å². The van der Waals surface area contributed by atoms with Gasteiger partial charge >= 0.3 is 5.97 Å². The second-order valence-corrected chi connectivity index (χ2v) is 5.37. The highest BCUT2D eigenvalue weighted by atomic mass is 79.9. The SMILES string of the molecule is CCOC(=O)COc1ccc(Br)cc1C1=NOCC1OCC. The molecule has 2 rings (SSSR count). The van der Waals surface area contributed by atoms with E-state index in [4.69, 9.17) is 19.0 Å². The number of carbonyl (C=O) groups is 1. The van der Waals surface area contributed by atoms with Crippen LogP contribution in [0.2, 0.25) is 0 Å². The Morgan fingerprint density at radius 3 is 2.95 bits per heavy atom. The number of esters is 1. The van der Waals surface area contributed by atoms with E-state index in [-0.39, 0.29) is 12.7 Å². The zero-order valence-electron chi connectivity index (χ0n) is 12.5. The molecule has 0 saturated heterocycles. The molecular formula is C15H18BrNO5. The van der Waals surface area contributed by atoms with Crippen LogP contribution in [-0.4, -0.2) is 44.2 Å². The van der Waals surface area contributed by atoms with E-state index in [0.29, 0.717) is 31.3 Å². The fourth-order valence-electron chi connectivity index (χ4n) is 2.03. The molecule has 0 fully saturated rings. The van der Waals surface area contributed by atoms with E-state index < -0.39 is 5.97 Å². The highest BCUT2D eigenvalue weighted by Crippen LogP contribution is 2.27. The van der Waals surface area contributed by atoms with Gasteiger partial charge in [-0.1, -0.05) is 21.1 Å². The Balaban J connectivity index is 2.19. The first-order chi connectivity index (χ1) is 10.7. The highest BCUT2D eigenvalue weighted by molar-refractivity contribution is 9.10. The molecule has 120 valence electrons. The van der Waals surface area contributed by atoms with Crippen LogP contribution in [-0.2, 0) is 19.1 Å². The average Bonchev–Trinajstić information content (AvgIpc) is 2.95. The van der Waals surface area contributed by atoms with Crippen molar-refractivity contribution in [1.29, 1.82) is 0 Å². The van der Waals surface area contributed by atoms with Crippen LogP contribution in [0.25, 0.3) is 0 Å². The van der Waals surface area contributed by atoms with Crippen molar-refractivity contribution in [2.24, 2.45) is 5.16 Å². The first-order valence-corrected chi connectivity index (χ1v) is 7.84. The van der Waals surface area contributed by atoms with Crippen molar-refractivity contribution in [3.63, 3.8) is 0 Å². The maximum absolute atomic E-state index is 11.4. The Labute approximate surface area is 137 Å². The summed E-state index contributed by atoms with van der Waals surface area (Å²) in [7, 11) is 0. The Morgan fingerprint density at radius 2 is 2.23 bits per heavy atom. The molecule has 1 aliphatic rings. The number of ether oxygens (including phenoxy) is 3. The number of carbonyl (C=O) groups excluding carboxylic acids is 1. The van der Waals surface area contributed by atoms with E-state index in [9.17, 15) is 4.79 Å². The van der Waals surface area contributed by atoms with E-state index in [1.165, 1.54) is 0 Å². The summed E-state index contributed by atoms with van der Waals surface area (Å²) in [4.78, 5) is 16.6. The lowest BCUT2D eigenvalue weighted by molar-refractivity contribution is -0.145. The lowest BCUT2D eigenvalue weighted by atomic mass is 10.0. The predicted octanol–water partition coefficient (Wildman–Crippen LogP) is 2.53. The van der Waals surface area contributed by atoms with Gasteiger partial charge < -0.3 is 19.0 Å². The second-order valence-electron chi connectivity index (χ2n) is 4.45. The molecule has 22 heavy (non-hydrogen) atoms. The summed E-state index contributed by atoms with van der Waals surface area (Å²) < 4.78 is 16.9. The predicted molar refractivity (Wildman–Crippen MR) is 84.2 cm³/mol. The molecule has 1 aliphatic heterocycles. The third-order valence-corrected chi connectivity index (χ3v) is 3.42. The largest absolute Gasteiger partial charge is 0.481 e. The van der Waals surface area contributed by atoms with Gasteiger partial charge in [0.2, 0.25) is 0 Å². The summed E-state index contributed by atoms with van der Waals surface area (Å²) in [5.74, 6) is 0.118. The minimum Gasteiger partial charge on any atom is -0.481 e.